The molecule has 2 N–H and O–H groups in total. The Kier molecular flexibility index (Phi) is 5.56. The van der Waals surface area contributed by atoms with Gasteiger partial charge in [0.25, 0.3) is 17.5 Å². The van der Waals surface area contributed by atoms with Crippen LogP contribution in [0.3, 0.4) is 0 Å². The molecule has 1 aliphatic heterocycles. The number of nitro groups is 1. The van der Waals surface area contributed by atoms with Crippen molar-refractivity contribution in [2.45, 2.75) is 12.3 Å². The number of nitro benzene ring substituents is 1. The molecule has 0 radical (unpaired) electrons. The molecule has 0 unspecified atom stereocenters. The van der Waals surface area contributed by atoms with E-state index < -0.39 is 35.5 Å². The zero-order valence-corrected chi connectivity index (χ0v) is 15.9. The van der Waals surface area contributed by atoms with Crippen molar-refractivity contribution in [3.05, 3.63) is 56.8 Å². The molecular weight excluding hydrogens is 413 g/mol. The van der Waals surface area contributed by atoms with E-state index in [9.17, 15) is 28.1 Å². The lowest BCUT2D eigenvalue weighted by Crippen LogP contribution is -2.27. The second kappa shape index (κ2) is 7.78. The number of nitrogens with one attached hydrogen (secondary N) is 2. The predicted molar refractivity (Wildman–Crippen MR) is 104 cm³/mol. The van der Waals surface area contributed by atoms with Gasteiger partial charge >= 0.3 is 0 Å². The molecule has 1 fully saturated rings. The van der Waals surface area contributed by atoms with Crippen molar-refractivity contribution < 1.29 is 22.9 Å². The maximum Gasteiger partial charge on any atom is 0.293 e. The van der Waals surface area contributed by atoms with E-state index in [1.54, 1.807) is 0 Å². The minimum Gasteiger partial charge on any atom is -0.383 e. The molecule has 0 bridgehead atoms. The molecule has 29 heavy (non-hydrogen) atoms. The Morgan fingerprint density at radius 2 is 2.03 bits per heavy atom. The quantitative estimate of drug-likeness (QED) is 0.539. The summed E-state index contributed by atoms with van der Waals surface area (Å²) in [6, 6.07) is 5.81. The summed E-state index contributed by atoms with van der Waals surface area (Å²) in [5, 5.41) is 16.3. The fourth-order valence-corrected chi connectivity index (χ4v) is 3.27. The zero-order chi connectivity index (χ0) is 21.3. The molecule has 1 saturated heterocycles. The average Bonchev–Trinajstić information content (AvgIpc) is 3.03. The summed E-state index contributed by atoms with van der Waals surface area (Å²) in [6.07, 6.45) is -0.395. The maximum absolute atomic E-state index is 13.7. The normalized spacial score (nSPS) is 15.3. The van der Waals surface area contributed by atoms with Crippen LogP contribution in [0.25, 0.3) is 0 Å². The van der Waals surface area contributed by atoms with Gasteiger partial charge in [-0.2, -0.15) is 0 Å². The third-order valence-corrected chi connectivity index (χ3v) is 4.80. The molecule has 0 aliphatic carbocycles. The highest BCUT2D eigenvalue weighted by atomic mass is 35.5. The molecular formula is C18H16ClF3N4O3. The van der Waals surface area contributed by atoms with E-state index in [1.165, 1.54) is 30.1 Å². The molecule has 7 nitrogen and oxygen atoms in total. The van der Waals surface area contributed by atoms with Crippen LogP contribution in [0.1, 0.15) is 16.8 Å². The van der Waals surface area contributed by atoms with Crippen molar-refractivity contribution in [2.24, 2.45) is 0 Å². The number of amides is 1. The molecule has 0 saturated carbocycles. The Hall–Kier alpha value is -3.01. The smallest absolute Gasteiger partial charge is 0.293 e. The number of halogens is 4. The highest BCUT2D eigenvalue weighted by Gasteiger charge is 2.40. The largest absolute Gasteiger partial charge is 0.383 e. The van der Waals surface area contributed by atoms with Crippen LogP contribution < -0.4 is 15.5 Å². The van der Waals surface area contributed by atoms with Gasteiger partial charge in [0.15, 0.2) is 0 Å². The summed E-state index contributed by atoms with van der Waals surface area (Å²) < 4.78 is 40.8. The summed E-state index contributed by atoms with van der Waals surface area (Å²) in [7, 11) is 1.45. The molecule has 0 spiro atoms. The van der Waals surface area contributed by atoms with E-state index in [-0.39, 0.29) is 39.9 Å². The number of alkyl halides is 2. The van der Waals surface area contributed by atoms with Gasteiger partial charge in [-0.1, -0.05) is 11.6 Å². The third-order valence-electron chi connectivity index (χ3n) is 4.51. The summed E-state index contributed by atoms with van der Waals surface area (Å²) in [6.45, 7) is -0.632. The first kappa shape index (κ1) is 20.7. The van der Waals surface area contributed by atoms with Crippen LogP contribution in [0.5, 0.6) is 0 Å². The number of carbonyl (C=O) groups is 1. The average molecular weight is 429 g/mol. The molecule has 11 heteroatoms. The van der Waals surface area contributed by atoms with Crippen LogP contribution >= 0.6 is 11.6 Å². The van der Waals surface area contributed by atoms with Gasteiger partial charge in [0.2, 0.25) is 0 Å². The summed E-state index contributed by atoms with van der Waals surface area (Å²) in [4.78, 5) is 24.8. The highest BCUT2D eigenvalue weighted by Crippen LogP contribution is 2.38. The van der Waals surface area contributed by atoms with Gasteiger partial charge in [-0.25, -0.2) is 13.2 Å². The Morgan fingerprint density at radius 3 is 2.59 bits per heavy atom. The van der Waals surface area contributed by atoms with E-state index in [1.807, 2.05) is 0 Å². The minimum atomic E-state index is -2.93. The lowest BCUT2D eigenvalue weighted by molar-refractivity contribution is -0.383. The first-order chi connectivity index (χ1) is 13.6. The first-order valence-corrected chi connectivity index (χ1v) is 8.88. The van der Waals surface area contributed by atoms with Crippen molar-refractivity contribution >= 4 is 40.3 Å². The van der Waals surface area contributed by atoms with Crippen molar-refractivity contribution in [1.29, 1.82) is 0 Å². The first-order valence-electron chi connectivity index (χ1n) is 8.50. The second-order valence-corrected chi connectivity index (χ2v) is 6.91. The van der Waals surface area contributed by atoms with E-state index in [2.05, 4.69) is 10.6 Å². The summed E-state index contributed by atoms with van der Waals surface area (Å²) in [5.41, 5.74) is -0.179. The fraction of sp³-hybridized carbons (Fsp3) is 0.278. The molecule has 1 heterocycles. The number of hydrogen-bond donors (Lipinski definition) is 2. The van der Waals surface area contributed by atoms with Gasteiger partial charge in [0, 0.05) is 31.8 Å². The van der Waals surface area contributed by atoms with Crippen LogP contribution in [-0.2, 0) is 0 Å². The predicted octanol–water partition coefficient (Wildman–Crippen LogP) is 4.53. The Labute approximate surface area is 168 Å². The van der Waals surface area contributed by atoms with Crippen molar-refractivity contribution in [1.82, 2.24) is 0 Å². The van der Waals surface area contributed by atoms with Gasteiger partial charge in [0.05, 0.1) is 27.7 Å². The lowest BCUT2D eigenvalue weighted by atomic mass is 10.1. The third kappa shape index (κ3) is 4.37. The van der Waals surface area contributed by atoms with E-state index in [4.69, 9.17) is 11.6 Å². The lowest BCUT2D eigenvalue weighted by Gasteiger charge is -2.22. The monoisotopic (exact) mass is 428 g/mol. The standard InChI is InChI=1S/C18H16ClF3N4O3/c1-23-14-8-15(25-5-4-18(21,22)9-25)11(7-16(14)26(28)29)17(27)24-10-2-3-13(20)12(19)6-10/h2-3,6-8,23H,4-5,9H2,1H3,(H,24,27). The van der Waals surface area contributed by atoms with Crippen LogP contribution in [0, 0.1) is 15.9 Å². The number of rotatable bonds is 5. The molecule has 1 amide bonds. The van der Waals surface area contributed by atoms with Gasteiger partial charge in [-0.05, 0) is 24.3 Å². The maximum atomic E-state index is 13.7. The number of benzene rings is 2. The van der Waals surface area contributed by atoms with Gasteiger partial charge in [-0.15, -0.1) is 0 Å². The van der Waals surface area contributed by atoms with Crippen LogP contribution in [0.2, 0.25) is 5.02 Å². The van der Waals surface area contributed by atoms with E-state index >= 15 is 0 Å². The summed E-state index contributed by atoms with van der Waals surface area (Å²) >= 11 is 5.70. The highest BCUT2D eigenvalue weighted by molar-refractivity contribution is 6.31. The molecule has 2 aromatic rings. The Bertz CT molecular complexity index is 987. The topological polar surface area (TPSA) is 87.5 Å². The van der Waals surface area contributed by atoms with Crippen LogP contribution in [0.15, 0.2) is 30.3 Å². The molecule has 0 aromatic heterocycles. The SMILES string of the molecule is CNc1cc(N2CCC(F)(F)C2)c(C(=O)Nc2ccc(F)c(Cl)c2)cc1[N+](=O)[O-]. The summed E-state index contributed by atoms with van der Waals surface area (Å²) in [5.74, 6) is -4.39. The van der Waals surface area contributed by atoms with Crippen molar-refractivity contribution in [3.63, 3.8) is 0 Å². The molecule has 1 aliphatic rings. The van der Waals surface area contributed by atoms with E-state index in [0.717, 1.165) is 12.1 Å². The van der Waals surface area contributed by atoms with E-state index in [0.29, 0.717) is 0 Å². The minimum absolute atomic E-state index is 0.0172. The number of anilines is 3. The molecule has 2 aromatic carbocycles. The molecule has 0 atom stereocenters. The van der Waals surface area contributed by atoms with Crippen molar-refractivity contribution in [3.8, 4) is 0 Å². The Balaban J connectivity index is 2.04. The fourth-order valence-electron chi connectivity index (χ4n) is 3.09. The zero-order valence-electron chi connectivity index (χ0n) is 15.1. The number of carbonyl (C=O) groups excluding carboxylic acids is 1. The second-order valence-electron chi connectivity index (χ2n) is 6.50. The van der Waals surface area contributed by atoms with Crippen LogP contribution in [-0.4, -0.2) is 36.9 Å². The Morgan fingerprint density at radius 1 is 1.31 bits per heavy atom. The number of hydrogen-bond acceptors (Lipinski definition) is 5. The van der Waals surface area contributed by atoms with Crippen molar-refractivity contribution in [2.75, 3.05) is 35.7 Å². The molecule has 3 rings (SSSR count). The van der Waals surface area contributed by atoms with Gasteiger partial charge in [-0.3, -0.25) is 14.9 Å². The van der Waals surface area contributed by atoms with Crippen LogP contribution in [0.4, 0.5) is 35.9 Å². The van der Waals surface area contributed by atoms with Gasteiger partial charge < -0.3 is 15.5 Å². The molecule has 154 valence electrons. The van der Waals surface area contributed by atoms with Gasteiger partial charge in [0.1, 0.15) is 11.5 Å². The number of nitrogens with zero attached hydrogens (tertiary/aromatic N) is 2.